The van der Waals surface area contributed by atoms with E-state index in [-0.39, 0.29) is 17.6 Å². The third kappa shape index (κ3) is 3.37. The average molecular weight is 334 g/mol. The van der Waals surface area contributed by atoms with Crippen LogP contribution in [0.2, 0.25) is 0 Å². The number of amides is 1. The van der Waals surface area contributed by atoms with Crippen LogP contribution in [0.15, 0.2) is 48.5 Å². The first-order chi connectivity index (χ1) is 11.3. The van der Waals surface area contributed by atoms with Crippen molar-refractivity contribution in [3.05, 3.63) is 59.7 Å². The van der Waals surface area contributed by atoms with Gasteiger partial charge in [-0.15, -0.1) is 0 Å². The number of nitrogens with one attached hydrogen (secondary N) is 1. The van der Waals surface area contributed by atoms with Gasteiger partial charge in [0.15, 0.2) is 0 Å². The quantitative estimate of drug-likeness (QED) is 0.897. The van der Waals surface area contributed by atoms with Gasteiger partial charge in [-0.05, 0) is 30.2 Å². The third-order valence-electron chi connectivity index (χ3n) is 4.08. The number of carbonyl (C=O) groups is 1. The summed E-state index contributed by atoms with van der Waals surface area (Å²) in [6.45, 7) is 1.70. The molecule has 24 heavy (non-hydrogen) atoms. The molecule has 1 aliphatic rings. The van der Waals surface area contributed by atoms with Gasteiger partial charge in [-0.2, -0.15) is 13.2 Å². The molecule has 0 bridgehead atoms. The van der Waals surface area contributed by atoms with E-state index >= 15 is 0 Å². The Morgan fingerprint density at radius 2 is 1.92 bits per heavy atom. The van der Waals surface area contributed by atoms with Crippen molar-refractivity contribution in [3.63, 3.8) is 0 Å². The van der Waals surface area contributed by atoms with Gasteiger partial charge < -0.3 is 10.2 Å². The van der Waals surface area contributed by atoms with Crippen molar-refractivity contribution >= 4 is 17.3 Å². The molecule has 3 rings (SSSR count). The molecule has 2 aromatic carbocycles. The second-order valence-electron chi connectivity index (χ2n) is 5.89. The van der Waals surface area contributed by atoms with Crippen LogP contribution in [0.4, 0.5) is 24.5 Å². The van der Waals surface area contributed by atoms with E-state index in [1.165, 1.54) is 17.9 Å². The zero-order chi connectivity index (χ0) is 17.3. The average Bonchev–Trinajstić information content (AvgIpc) is 2.53. The number of fused-ring (bicyclic) bond motifs is 1. The van der Waals surface area contributed by atoms with E-state index in [1.54, 1.807) is 0 Å². The van der Waals surface area contributed by atoms with Crippen LogP contribution in [0.25, 0.3) is 0 Å². The van der Waals surface area contributed by atoms with Gasteiger partial charge in [0.05, 0.1) is 16.9 Å². The monoisotopic (exact) mass is 334 g/mol. The maximum atomic E-state index is 12.9. The largest absolute Gasteiger partial charge is 0.416 e. The molecule has 0 spiro atoms. The number of hydrogen-bond donors (Lipinski definition) is 1. The van der Waals surface area contributed by atoms with Crippen LogP contribution in [0.3, 0.4) is 0 Å². The molecule has 2 aromatic rings. The number of rotatable bonds is 2. The van der Waals surface area contributed by atoms with Crippen LogP contribution in [-0.2, 0) is 17.4 Å². The van der Waals surface area contributed by atoms with Gasteiger partial charge in [0.2, 0.25) is 5.91 Å². The SMILES string of the molecule is CC(=O)N1CC(Cc2ccccc2)Nc2ccc(C(F)(F)F)cc21. The fourth-order valence-electron chi connectivity index (χ4n) is 2.95. The van der Waals surface area contributed by atoms with Gasteiger partial charge in [-0.1, -0.05) is 30.3 Å². The summed E-state index contributed by atoms with van der Waals surface area (Å²) >= 11 is 0. The molecule has 0 saturated heterocycles. The normalized spacial score (nSPS) is 17.2. The number of halogens is 3. The van der Waals surface area contributed by atoms with Crippen LogP contribution in [0, 0.1) is 0 Å². The predicted molar refractivity (Wildman–Crippen MR) is 87.0 cm³/mol. The minimum atomic E-state index is -4.43. The first kappa shape index (κ1) is 16.4. The van der Waals surface area contributed by atoms with Crippen LogP contribution >= 0.6 is 0 Å². The zero-order valence-electron chi connectivity index (χ0n) is 13.1. The van der Waals surface area contributed by atoms with Gasteiger partial charge in [-0.3, -0.25) is 4.79 Å². The first-order valence-corrected chi connectivity index (χ1v) is 7.64. The lowest BCUT2D eigenvalue weighted by atomic mass is 10.0. The molecule has 0 aliphatic carbocycles. The maximum Gasteiger partial charge on any atom is 0.416 e. The second-order valence-corrected chi connectivity index (χ2v) is 5.89. The van der Waals surface area contributed by atoms with E-state index in [0.29, 0.717) is 18.7 Å². The summed E-state index contributed by atoms with van der Waals surface area (Å²) in [5.41, 5.74) is 1.18. The predicted octanol–water partition coefficient (Wildman–Crippen LogP) is 4.10. The summed E-state index contributed by atoms with van der Waals surface area (Å²) in [6, 6.07) is 13.2. The number of benzene rings is 2. The van der Waals surface area contributed by atoms with Crippen LogP contribution in [-0.4, -0.2) is 18.5 Å². The van der Waals surface area contributed by atoms with Crippen LogP contribution in [0.1, 0.15) is 18.1 Å². The van der Waals surface area contributed by atoms with Crippen molar-refractivity contribution in [2.24, 2.45) is 0 Å². The fourth-order valence-corrected chi connectivity index (χ4v) is 2.95. The number of alkyl halides is 3. The van der Waals surface area contributed by atoms with E-state index in [1.807, 2.05) is 30.3 Å². The molecular weight excluding hydrogens is 317 g/mol. The van der Waals surface area contributed by atoms with Gasteiger partial charge in [-0.25, -0.2) is 0 Å². The van der Waals surface area contributed by atoms with Gasteiger partial charge >= 0.3 is 6.18 Å². The third-order valence-corrected chi connectivity index (χ3v) is 4.08. The van der Waals surface area contributed by atoms with Crippen molar-refractivity contribution in [1.82, 2.24) is 0 Å². The van der Waals surface area contributed by atoms with E-state index in [2.05, 4.69) is 5.32 Å². The Hall–Kier alpha value is -2.50. The summed E-state index contributed by atoms with van der Waals surface area (Å²) in [5, 5.41) is 3.25. The number of carbonyl (C=O) groups excluding carboxylic acids is 1. The number of nitrogens with zero attached hydrogens (tertiary/aromatic N) is 1. The Balaban J connectivity index is 1.91. The number of anilines is 2. The fraction of sp³-hybridized carbons (Fsp3) is 0.278. The lowest BCUT2D eigenvalue weighted by Gasteiger charge is -2.36. The van der Waals surface area contributed by atoms with Gasteiger partial charge in [0.1, 0.15) is 0 Å². The highest BCUT2D eigenvalue weighted by Crippen LogP contribution is 2.38. The van der Waals surface area contributed by atoms with Crippen molar-refractivity contribution in [2.45, 2.75) is 25.6 Å². The Kier molecular flexibility index (Phi) is 4.22. The summed E-state index contributed by atoms with van der Waals surface area (Å²) in [5.74, 6) is -0.268. The molecule has 0 fully saturated rings. The van der Waals surface area contributed by atoms with Crippen molar-refractivity contribution in [3.8, 4) is 0 Å². The number of hydrogen-bond acceptors (Lipinski definition) is 2. The van der Waals surface area contributed by atoms with Gasteiger partial charge in [0, 0.05) is 19.5 Å². The van der Waals surface area contributed by atoms with E-state index in [4.69, 9.17) is 0 Å². The van der Waals surface area contributed by atoms with Crippen LogP contribution < -0.4 is 10.2 Å². The second kappa shape index (κ2) is 6.19. The smallest absolute Gasteiger partial charge is 0.378 e. The summed E-state index contributed by atoms with van der Waals surface area (Å²) in [4.78, 5) is 13.3. The molecule has 1 amide bonds. The zero-order valence-corrected chi connectivity index (χ0v) is 13.1. The summed E-state index contributed by atoms with van der Waals surface area (Å²) in [6.07, 6.45) is -3.75. The molecule has 1 aliphatic heterocycles. The Morgan fingerprint density at radius 1 is 1.21 bits per heavy atom. The Bertz CT molecular complexity index is 744. The van der Waals surface area contributed by atoms with E-state index < -0.39 is 11.7 Å². The topological polar surface area (TPSA) is 32.3 Å². The minimum Gasteiger partial charge on any atom is -0.378 e. The summed E-state index contributed by atoms with van der Waals surface area (Å²) < 4.78 is 38.8. The van der Waals surface area contributed by atoms with E-state index in [9.17, 15) is 18.0 Å². The molecule has 0 aromatic heterocycles. The highest BCUT2D eigenvalue weighted by molar-refractivity contribution is 5.96. The molecule has 1 atom stereocenters. The molecular formula is C18H17F3N2O. The molecule has 6 heteroatoms. The summed E-state index contributed by atoms with van der Waals surface area (Å²) in [7, 11) is 0. The van der Waals surface area contributed by atoms with E-state index in [0.717, 1.165) is 17.7 Å². The molecule has 1 heterocycles. The van der Waals surface area contributed by atoms with Gasteiger partial charge in [0.25, 0.3) is 0 Å². The lowest BCUT2D eigenvalue weighted by Crippen LogP contribution is -2.45. The van der Waals surface area contributed by atoms with Crippen molar-refractivity contribution < 1.29 is 18.0 Å². The molecule has 0 saturated carbocycles. The standard InChI is InChI=1S/C18H17F3N2O/c1-12(24)23-11-15(9-13-5-3-2-4-6-13)22-16-8-7-14(10-17(16)23)18(19,20)21/h2-8,10,15,22H,9,11H2,1H3. The Morgan fingerprint density at radius 3 is 2.54 bits per heavy atom. The molecule has 1 N–H and O–H groups in total. The molecule has 126 valence electrons. The highest BCUT2D eigenvalue weighted by atomic mass is 19.4. The minimum absolute atomic E-state index is 0.0551. The van der Waals surface area contributed by atoms with Crippen LogP contribution in [0.5, 0.6) is 0 Å². The Labute approximate surface area is 138 Å². The maximum absolute atomic E-state index is 12.9. The van der Waals surface area contributed by atoms with Crippen molar-refractivity contribution in [1.29, 1.82) is 0 Å². The van der Waals surface area contributed by atoms with Crippen molar-refractivity contribution in [2.75, 3.05) is 16.8 Å². The molecule has 0 radical (unpaired) electrons. The lowest BCUT2D eigenvalue weighted by molar-refractivity contribution is -0.137. The highest BCUT2D eigenvalue weighted by Gasteiger charge is 2.34. The molecule has 1 unspecified atom stereocenters. The first-order valence-electron chi connectivity index (χ1n) is 7.64. The molecule has 3 nitrogen and oxygen atoms in total.